The SMILES string of the molecule is CCCCCCCCCCCCCCCCC(=O)OC(COC(=O)CCCCCCCCCCCC)COP(=O)([O-])OCC[N+](C)(C)C. The second-order valence-corrected chi connectivity index (χ2v) is 16.1. The molecule has 0 heterocycles. The van der Waals surface area contributed by atoms with Crippen LogP contribution in [0.25, 0.3) is 0 Å². The van der Waals surface area contributed by atoms with Crippen molar-refractivity contribution in [1.82, 2.24) is 0 Å². The van der Waals surface area contributed by atoms with Crippen LogP contribution in [0, 0.1) is 0 Å². The van der Waals surface area contributed by atoms with Crippen molar-refractivity contribution in [3.05, 3.63) is 0 Å². The maximum Gasteiger partial charge on any atom is 0.306 e. The number of likely N-dealkylation sites (N-methyl/N-ethyl adjacent to an activating group) is 1. The van der Waals surface area contributed by atoms with Crippen molar-refractivity contribution in [2.45, 2.75) is 187 Å². The van der Waals surface area contributed by atoms with Gasteiger partial charge < -0.3 is 27.9 Å². The van der Waals surface area contributed by atoms with Crippen LogP contribution in [0.2, 0.25) is 0 Å². The zero-order valence-electron chi connectivity index (χ0n) is 32.0. The average molecular weight is 706 g/mol. The first-order valence-corrected chi connectivity index (χ1v) is 21.2. The highest BCUT2D eigenvalue weighted by atomic mass is 31.2. The Kier molecular flexibility index (Phi) is 31.3. The van der Waals surface area contributed by atoms with Gasteiger partial charge in [0.25, 0.3) is 7.82 Å². The maximum atomic E-state index is 12.6. The molecule has 0 amide bonds. The summed E-state index contributed by atoms with van der Waals surface area (Å²) in [5, 5.41) is 0. The number of unbranched alkanes of at least 4 members (excludes halogenated alkanes) is 22. The summed E-state index contributed by atoms with van der Waals surface area (Å²) in [6.45, 7) is 4.22. The summed E-state index contributed by atoms with van der Waals surface area (Å²) in [5.74, 6) is -0.827. The van der Waals surface area contributed by atoms with Crippen molar-refractivity contribution in [2.24, 2.45) is 0 Å². The van der Waals surface area contributed by atoms with Gasteiger partial charge in [-0.1, -0.05) is 155 Å². The largest absolute Gasteiger partial charge is 0.756 e. The van der Waals surface area contributed by atoms with Crippen molar-refractivity contribution < 1.29 is 42.1 Å². The van der Waals surface area contributed by atoms with E-state index in [0.29, 0.717) is 17.4 Å². The maximum absolute atomic E-state index is 12.6. The standard InChI is InChI=1S/C38H76NO8P/c1-6-8-10-12-14-16-18-19-20-21-23-25-27-29-31-38(41)47-36(35-46-48(42,43)45-33-32-39(3,4)5)34-44-37(40)30-28-26-24-22-17-15-13-11-9-7-2/h36H,6-35H2,1-5H3. The summed E-state index contributed by atoms with van der Waals surface area (Å²) in [7, 11) is 1.18. The number of carbonyl (C=O) groups is 2. The van der Waals surface area contributed by atoms with Gasteiger partial charge in [0.2, 0.25) is 0 Å². The molecule has 48 heavy (non-hydrogen) atoms. The number of phosphoric ester groups is 1. The summed E-state index contributed by atoms with van der Waals surface area (Å²) in [6, 6.07) is 0. The van der Waals surface area contributed by atoms with Crippen molar-refractivity contribution in [3.8, 4) is 0 Å². The fourth-order valence-electron chi connectivity index (χ4n) is 5.48. The molecule has 0 aromatic rings. The second kappa shape index (κ2) is 32.0. The van der Waals surface area contributed by atoms with E-state index in [4.69, 9.17) is 18.5 Å². The molecule has 0 aliphatic heterocycles. The van der Waals surface area contributed by atoms with Crippen LogP contribution in [0.15, 0.2) is 0 Å². The van der Waals surface area contributed by atoms with Gasteiger partial charge in [-0.15, -0.1) is 0 Å². The van der Waals surface area contributed by atoms with Crippen LogP contribution in [-0.2, 0) is 32.7 Å². The van der Waals surface area contributed by atoms with Crippen LogP contribution in [0.3, 0.4) is 0 Å². The molecular weight excluding hydrogens is 629 g/mol. The van der Waals surface area contributed by atoms with Crippen LogP contribution in [0.4, 0.5) is 0 Å². The molecular formula is C38H76NO8P. The Morgan fingerprint density at radius 1 is 0.562 bits per heavy atom. The van der Waals surface area contributed by atoms with E-state index < -0.39 is 26.5 Å². The molecule has 0 rings (SSSR count). The van der Waals surface area contributed by atoms with Gasteiger partial charge in [-0.2, -0.15) is 0 Å². The Morgan fingerprint density at radius 2 is 0.938 bits per heavy atom. The first kappa shape index (κ1) is 47.0. The summed E-state index contributed by atoms with van der Waals surface area (Å²) >= 11 is 0. The van der Waals surface area contributed by atoms with Crippen LogP contribution in [0.5, 0.6) is 0 Å². The van der Waals surface area contributed by atoms with E-state index in [2.05, 4.69) is 13.8 Å². The molecule has 0 aromatic carbocycles. The van der Waals surface area contributed by atoms with E-state index >= 15 is 0 Å². The first-order valence-electron chi connectivity index (χ1n) is 19.7. The molecule has 0 fully saturated rings. The average Bonchev–Trinajstić information content (AvgIpc) is 3.02. The molecule has 10 heteroatoms. The van der Waals surface area contributed by atoms with Gasteiger partial charge in [0.05, 0.1) is 27.7 Å². The Labute approximate surface area is 295 Å². The normalized spacial score (nSPS) is 13.7. The minimum absolute atomic E-state index is 0.0261. The molecule has 0 spiro atoms. The molecule has 0 bridgehead atoms. The van der Waals surface area contributed by atoms with Crippen LogP contribution < -0.4 is 4.89 Å². The van der Waals surface area contributed by atoms with Gasteiger partial charge in [-0.25, -0.2) is 0 Å². The summed E-state index contributed by atoms with van der Waals surface area (Å²) in [4.78, 5) is 37.3. The molecule has 0 aliphatic carbocycles. The summed E-state index contributed by atoms with van der Waals surface area (Å²) in [5.41, 5.74) is 0. The molecule has 286 valence electrons. The molecule has 2 unspecified atom stereocenters. The van der Waals surface area contributed by atoms with Gasteiger partial charge >= 0.3 is 11.9 Å². The summed E-state index contributed by atoms with van der Waals surface area (Å²) in [6.07, 6.45) is 28.4. The number of ether oxygens (including phenoxy) is 2. The highest BCUT2D eigenvalue weighted by molar-refractivity contribution is 7.45. The number of nitrogens with zero attached hydrogens (tertiary/aromatic N) is 1. The minimum atomic E-state index is -4.61. The number of rotatable bonds is 36. The highest BCUT2D eigenvalue weighted by Crippen LogP contribution is 2.38. The molecule has 0 radical (unpaired) electrons. The number of esters is 2. The van der Waals surface area contributed by atoms with Crippen LogP contribution >= 0.6 is 7.82 Å². The summed E-state index contributed by atoms with van der Waals surface area (Å²) < 4.78 is 33.7. The van der Waals surface area contributed by atoms with Gasteiger partial charge in [0.1, 0.15) is 19.8 Å². The topological polar surface area (TPSA) is 111 Å². The van der Waals surface area contributed by atoms with E-state index in [9.17, 15) is 19.0 Å². The molecule has 0 saturated carbocycles. The third-order valence-corrected chi connectivity index (χ3v) is 9.59. The van der Waals surface area contributed by atoms with Gasteiger partial charge in [-0.3, -0.25) is 14.2 Å². The van der Waals surface area contributed by atoms with Gasteiger partial charge in [0, 0.05) is 12.8 Å². The van der Waals surface area contributed by atoms with Gasteiger partial charge in [0.15, 0.2) is 6.10 Å². The number of phosphoric acid groups is 1. The van der Waals surface area contributed by atoms with Crippen LogP contribution in [0.1, 0.15) is 181 Å². The highest BCUT2D eigenvalue weighted by Gasteiger charge is 2.21. The monoisotopic (exact) mass is 706 g/mol. The van der Waals surface area contributed by atoms with Crippen LogP contribution in [-0.4, -0.2) is 70.0 Å². The van der Waals surface area contributed by atoms with Crippen molar-refractivity contribution >= 4 is 19.8 Å². The lowest BCUT2D eigenvalue weighted by atomic mass is 10.0. The lowest BCUT2D eigenvalue weighted by Crippen LogP contribution is -2.37. The fraction of sp³-hybridized carbons (Fsp3) is 0.947. The molecule has 0 N–H and O–H groups in total. The first-order chi connectivity index (χ1) is 23.0. The molecule has 0 aliphatic rings. The fourth-order valence-corrected chi connectivity index (χ4v) is 6.21. The van der Waals surface area contributed by atoms with E-state index in [-0.39, 0.29) is 32.0 Å². The Balaban J connectivity index is 4.39. The zero-order valence-corrected chi connectivity index (χ0v) is 32.8. The minimum Gasteiger partial charge on any atom is -0.756 e. The number of hydrogen-bond acceptors (Lipinski definition) is 8. The number of carbonyl (C=O) groups excluding carboxylic acids is 2. The lowest BCUT2D eigenvalue weighted by molar-refractivity contribution is -0.870. The van der Waals surface area contributed by atoms with Crippen molar-refractivity contribution in [3.63, 3.8) is 0 Å². The molecule has 0 aromatic heterocycles. The Bertz CT molecular complexity index is 804. The third kappa shape index (κ3) is 34.9. The van der Waals surface area contributed by atoms with E-state index in [1.54, 1.807) is 0 Å². The number of hydrogen-bond donors (Lipinski definition) is 0. The third-order valence-electron chi connectivity index (χ3n) is 8.63. The number of quaternary nitrogens is 1. The lowest BCUT2D eigenvalue weighted by Gasteiger charge is -2.28. The quantitative estimate of drug-likeness (QED) is 0.0274. The smallest absolute Gasteiger partial charge is 0.306 e. The predicted octanol–water partition coefficient (Wildman–Crippen LogP) is 9.83. The van der Waals surface area contributed by atoms with Crippen molar-refractivity contribution in [1.29, 1.82) is 0 Å². The van der Waals surface area contributed by atoms with E-state index in [1.807, 2.05) is 21.1 Å². The van der Waals surface area contributed by atoms with Crippen molar-refractivity contribution in [2.75, 3.05) is 47.5 Å². The molecule has 0 saturated heterocycles. The molecule has 2 atom stereocenters. The van der Waals surface area contributed by atoms with Gasteiger partial charge in [-0.05, 0) is 12.8 Å². The Morgan fingerprint density at radius 3 is 1.33 bits per heavy atom. The Hall–Kier alpha value is -0.990. The molecule has 9 nitrogen and oxygen atoms in total. The second-order valence-electron chi connectivity index (χ2n) is 14.7. The van der Waals surface area contributed by atoms with E-state index in [1.165, 1.54) is 116 Å². The zero-order chi connectivity index (χ0) is 35.8. The predicted molar refractivity (Wildman–Crippen MR) is 195 cm³/mol. The van der Waals surface area contributed by atoms with E-state index in [0.717, 1.165) is 32.1 Å².